The third kappa shape index (κ3) is 2.41. The molecule has 1 fully saturated rings. The van der Waals surface area contributed by atoms with Gasteiger partial charge in [-0.15, -0.1) is 0 Å². The summed E-state index contributed by atoms with van der Waals surface area (Å²) in [6.07, 6.45) is 3.90. The zero-order chi connectivity index (χ0) is 13.2. The number of hydrogen-bond acceptors (Lipinski definition) is 5. The second-order valence-corrected chi connectivity index (χ2v) is 4.86. The fourth-order valence-corrected chi connectivity index (χ4v) is 2.54. The van der Waals surface area contributed by atoms with E-state index >= 15 is 0 Å². The molecule has 1 N–H and O–H groups in total. The number of ether oxygens (including phenoxy) is 1. The number of morpholine rings is 1. The minimum atomic E-state index is 0.213. The Morgan fingerprint density at radius 3 is 3.26 bits per heavy atom. The maximum absolute atomic E-state index is 5.73. The van der Waals surface area contributed by atoms with Crippen LogP contribution in [0.25, 0.3) is 5.52 Å². The van der Waals surface area contributed by atoms with Gasteiger partial charge in [0.1, 0.15) is 5.52 Å². The van der Waals surface area contributed by atoms with Crippen molar-refractivity contribution in [3.63, 3.8) is 0 Å². The Hall–Kier alpha value is -1.66. The van der Waals surface area contributed by atoms with Crippen LogP contribution in [0.4, 0.5) is 5.82 Å². The third-order valence-corrected chi connectivity index (χ3v) is 3.36. The van der Waals surface area contributed by atoms with Gasteiger partial charge in [0.15, 0.2) is 5.82 Å². The lowest BCUT2D eigenvalue weighted by atomic mass is 10.2. The van der Waals surface area contributed by atoms with Gasteiger partial charge in [-0.2, -0.15) is 5.10 Å². The zero-order valence-corrected chi connectivity index (χ0v) is 11.3. The standard InChI is InChI=1S/C13H19N5O/c1-10-7-12-13(15-3-4-18(12)16-10)17-5-6-19-11(9-17)8-14-2/h3-4,7,11,14H,5-6,8-9H2,1-2H3. The number of nitrogens with one attached hydrogen (secondary N) is 1. The van der Waals surface area contributed by atoms with Crippen molar-refractivity contribution in [2.45, 2.75) is 13.0 Å². The molecular weight excluding hydrogens is 242 g/mol. The van der Waals surface area contributed by atoms with Crippen molar-refractivity contribution < 1.29 is 4.74 Å². The average molecular weight is 261 g/mol. The van der Waals surface area contributed by atoms with E-state index in [1.807, 2.05) is 24.7 Å². The van der Waals surface area contributed by atoms with Crippen LogP contribution in [-0.4, -0.2) is 54.0 Å². The van der Waals surface area contributed by atoms with E-state index in [0.29, 0.717) is 0 Å². The number of aryl methyl sites for hydroxylation is 1. The molecule has 1 aliphatic heterocycles. The number of hydrogen-bond donors (Lipinski definition) is 1. The Kier molecular flexibility index (Phi) is 3.35. The molecule has 19 heavy (non-hydrogen) atoms. The first-order chi connectivity index (χ1) is 9.28. The summed E-state index contributed by atoms with van der Waals surface area (Å²) in [4.78, 5) is 6.81. The van der Waals surface area contributed by atoms with Crippen molar-refractivity contribution in [1.82, 2.24) is 19.9 Å². The second-order valence-electron chi connectivity index (χ2n) is 4.86. The largest absolute Gasteiger partial charge is 0.373 e. The van der Waals surface area contributed by atoms with Gasteiger partial charge < -0.3 is 15.0 Å². The summed E-state index contributed by atoms with van der Waals surface area (Å²) in [6, 6.07) is 2.07. The van der Waals surface area contributed by atoms with Crippen LogP contribution in [-0.2, 0) is 4.74 Å². The van der Waals surface area contributed by atoms with Crippen LogP contribution in [0.15, 0.2) is 18.5 Å². The minimum absolute atomic E-state index is 0.213. The quantitative estimate of drug-likeness (QED) is 0.870. The normalized spacial score (nSPS) is 20.1. The van der Waals surface area contributed by atoms with Crippen LogP contribution >= 0.6 is 0 Å². The molecule has 0 aromatic carbocycles. The molecule has 6 heteroatoms. The summed E-state index contributed by atoms with van der Waals surface area (Å²) < 4.78 is 7.62. The van der Waals surface area contributed by atoms with Crippen molar-refractivity contribution in [3.05, 3.63) is 24.2 Å². The Morgan fingerprint density at radius 1 is 1.53 bits per heavy atom. The summed E-state index contributed by atoms with van der Waals surface area (Å²) in [5, 5.41) is 7.59. The van der Waals surface area contributed by atoms with Gasteiger partial charge in [-0.05, 0) is 20.0 Å². The monoisotopic (exact) mass is 261 g/mol. The lowest BCUT2D eigenvalue weighted by Crippen LogP contribution is -2.46. The number of anilines is 1. The third-order valence-electron chi connectivity index (χ3n) is 3.36. The van der Waals surface area contributed by atoms with Gasteiger partial charge in [0, 0.05) is 32.0 Å². The predicted molar refractivity (Wildman–Crippen MR) is 73.6 cm³/mol. The van der Waals surface area contributed by atoms with E-state index < -0.39 is 0 Å². The second kappa shape index (κ2) is 5.14. The highest BCUT2D eigenvalue weighted by molar-refractivity contribution is 5.69. The van der Waals surface area contributed by atoms with Crippen LogP contribution < -0.4 is 10.2 Å². The zero-order valence-electron chi connectivity index (χ0n) is 11.3. The van der Waals surface area contributed by atoms with E-state index in [-0.39, 0.29) is 6.10 Å². The molecule has 3 heterocycles. The molecule has 102 valence electrons. The Labute approximate surface area is 112 Å². The van der Waals surface area contributed by atoms with Crippen LogP contribution in [0, 0.1) is 6.92 Å². The average Bonchev–Trinajstić information content (AvgIpc) is 2.79. The number of nitrogens with zero attached hydrogens (tertiary/aromatic N) is 4. The molecule has 1 atom stereocenters. The molecule has 6 nitrogen and oxygen atoms in total. The van der Waals surface area contributed by atoms with Gasteiger partial charge in [0.05, 0.1) is 18.4 Å². The van der Waals surface area contributed by atoms with E-state index in [1.54, 1.807) is 6.20 Å². The fraction of sp³-hybridized carbons (Fsp3) is 0.538. The molecule has 0 amide bonds. The van der Waals surface area contributed by atoms with E-state index in [9.17, 15) is 0 Å². The SMILES string of the molecule is CNCC1CN(c2nccn3nc(C)cc23)CCO1. The fourth-order valence-electron chi connectivity index (χ4n) is 2.54. The molecule has 1 aliphatic rings. The first-order valence-electron chi connectivity index (χ1n) is 6.60. The van der Waals surface area contributed by atoms with E-state index in [4.69, 9.17) is 4.74 Å². The van der Waals surface area contributed by atoms with Crippen molar-refractivity contribution in [2.24, 2.45) is 0 Å². The summed E-state index contributed by atoms with van der Waals surface area (Å²) in [5.41, 5.74) is 2.07. The van der Waals surface area contributed by atoms with Gasteiger partial charge in [-0.3, -0.25) is 0 Å². The van der Waals surface area contributed by atoms with Gasteiger partial charge in [0.25, 0.3) is 0 Å². The summed E-state index contributed by atoms with van der Waals surface area (Å²) in [7, 11) is 1.95. The first kappa shape index (κ1) is 12.4. The van der Waals surface area contributed by atoms with Crippen LogP contribution in [0.2, 0.25) is 0 Å². The lowest BCUT2D eigenvalue weighted by molar-refractivity contribution is 0.0420. The highest BCUT2D eigenvalue weighted by atomic mass is 16.5. The first-order valence-corrected chi connectivity index (χ1v) is 6.60. The molecule has 2 aromatic heterocycles. The Bertz CT molecular complexity index is 565. The summed E-state index contributed by atoms with van der Waals surface area (Å²) in [5.74, 6) is 0.993. The van der Waals surface area contributed by atoms with Crippen LogP contribution in [0.1, 0.15) is 5.69 Å². The Morgan fingerprint density at radius 2 is 2.42 bits per heavy atom. The topological polar surface area (TPSA) is 54.7 Å². The van der Waals surface area contributed by atoms with Crippen molar-refractivity contribution in [1.29, 1.82) is 0 Å². The summed E-state index contributed by atoms with van der Waals surface area (Å²) >= 11 is 0. The molecule has 0 spiro atoms. The molecule has 0 radical (unpaired) electrons. The lowest BCUT2D eigenvalue weighted by Gasteiger charge is -2.33. The molecule has 0 saturated carbocycles. The number of rotatable bonds is 3. The Balaban J connectivity index is 1.90. The maximum atomic E-state index is 5.73. The summed E-state index contributed by atoms with van der Waals surface area (Å²) in [6.45, 7) is 5.33. The number of aromatic nitrogens is 3. The molecular formula is C13H19N5O. The molecule has 1 saturated heterocycles. The molecule has 2 aromatic rings. The number of fused-ring (bicyclic) bond motifs is 1. The molecule has 3 rings (SSSR count). The van der Waals surface area contributed by atoms with E-state index in [0.717, 1.165) is 43.3 Å². The maximum Gasteiger partial charge on any atom is 0.154 e. The number of likely N-dealkylation sites (N-methyl/N-ethyl adjacent to an activating group) is 1. The molecule has 0 aliphatic carbocycles. The van der Waals surface area contributed by atoms with Crippen molar-refractivity contribution in [3.8, 4) is 0 Å². The van der Waals surface area contributed by atoms with Gasteiger partial charge in [-0.1, -0.05) is 0 Å². The van der Waals surface area contributed by atoms with Crippen molar-refractivity contribution >= 4 is 11.3 Å². The van der Waals surface area contributed by atoms with Crippen molar-refractivity contribution in [2.75, 3.05) is 38.2 Å². The van der Waals surface area contributed by atoms with Crippen LogP contribution in [0.5, 0.6) is 0 Å². The van der Waals surface area contributed by atoms with Crippen LogP contribution in [0.3, 0.4) is 0 Å². The molecule has 0 bridgehead atoms. The van der Waals surface area contributed by atoms with Gasteiger partial charge in [-0.25, -0.2) is 9.50 Å². The van der Waals surface area contributed by atoms with Gasteiger partial charge >= 0.3 is 0 Å². The smallest absolute Gasteiger partial charge is 0.154 e. The highest BCUT2D eigenvalue weighted by Crippen LogP contribution is 2.21. The van der Waals surface area contributed by atoms with Gasteiger partial charge in [0.2, 0.25) is 0 Å². The minimum Gasteiger partial charge on any atom is -0.373 e. The highest BCUT2D eigenvalue weighted by Gasteiger charge is 2.22. The van der Waals surface area contributed by atoms with E-state index in [1.165, 1.54) is 0 Å². The van der Waals surface area contributed by atoms with E-state index in [2.05, 4.69) is 26.4 Å². The predicted octanol–water partition coefficient (Wildman–Crippen LogP) is 0.462. The molecule has 1 unspecified atom stereocenters.